The van der Waals surface area contributed by atoms with E-state index in [9.17, 15) is 24.4 Å². The third-order valence-corrected chi connectivity index (χ3v) is 11.4. The van der Waals surface area contributed by atoms with E-state index < -0.39 is 34.5 Å². The van der Waals surface area contributed by atoms with E-state index >= 15 is 4.39 Å². The number of rotatable bonds is 8. The summed E-state index contributed by atoms with van der Waals surface area (Å²) in [6.07, 6.45) is 0.161. The van der Waals surface area contributed by atoms with E-state index in [2.05, 4.69) is 30.6 Å². The van der Waals surface area contributed by atoms with Crippen molar-refractivity contribution in [1.82, 2.24) is 30.6 Å². The molecule has 53 heavy (non-hydrogen) atoms. The van der Waals surface area contributed by atoms with Gasteiger partial charge in [0.1, 0.15) is 29.8 Å². The number of carbonyl (C=O) groups excluding carboxylic acids is 4. The molecule has 0 radical (unpaired) electrons. The fourth-order valence-electron chi connectivity index (χ4n) is 8.55. The summed E-state index contributed by atoms with van der Waals surface area (Å²) in [7, 11) is 0. The third-order valence-electron chi connectivity index (χ3n) is 11.1. The Hall–Kier alpha value is -5.13. The Morgan fingerprint density at radius 1 is 1.06 bits per heavy atom. The van der Waals surface area contributed by atoms with Gasteiger partial charge in [0, 0.05) is 79.8 Å². The van der Waals surface area contributed by atoms with Crippen LogP contribution in [0.3, 0.4) is 0 Å². The van der Waals surface area contributed by atoms with Crippen molar-refractivity contribution < 1.29 is 28.3 Å². The summed E-state index contributed by atoms with van der Waals surface area (Å²) in [6, 6.07) is 12.5. The molecule has 1 saturated carbocycles. The average Bonchev–Trinajstić information content (AvgIpc) is 3.43. The number of fused-ring (bicyclic) bond motifs is 1. The van der Waals surface area contributed by atoms with Crippen molar-refractivity contribution in [2.75, 3.05) is 31.1 Å². The highest BCUT2D eigenvalue weighted by molar-refractivity contribution is 6.31. The molecule has 13 nitrogen and oxygen atoms in total. The fourth-order valence-corrected chi connectivity index (χ4v) is 8.77. The molecule has 2 saturated heterocycles. The van der Waals surface area contributed by atoms with Gasteiger partial charge in [-0.1, -0.05) is 39.3 Å². The Kier molecular flexibility index (Phi) is 9.36. The topological polar surface area (TPSA) is 161 Å². The summed E-state index contributed by atoms with van der Waals surface area (Å²) in [4.78, 5) is 56.0. The number of nitriles is 1. The summed E-state index contributed by atoms with van der Waals surface area (Å²) in [5.74, 6) is -0.881. The average molecular weight is 743 g/mol. The lowest BCUT2D eigenvalue weighted by Gasteiger charge is -2.63. The minimum atomic E-state index is -0.753. The van der Waals surface area contributed by atoms with Crippen molar-refractivity contribution in [2.24, 2.45) is 10.8 Å². The van der Waals surface area contributed by atoms with Crippen molar-refractivity contribution >= 4 is 41.0 Å². The van der Waals surface area contributed by atoms with Crippen LogP contribution in [-0.2, 0) is 22.7 Å². The van der Waals surface area contributed by atoms with Gasteiger partial charge in [-0.05, 0) is 48.4 Å². The number of nitrogens with one attached hydrogen (secondary N) is 2. The lowest BCUT2D eigenvalue weighted by molar-refractivity contribution is -0.164. The Morgan fingerprint density at radius 2 is 1.79 bits per heavy atom. The number of imide groups is 1. The van der Waals surface area contributed by atoms with Gasteiger partial charge in [0.05, 0.1) is 10.6 Å². The summed E-state index contributed by atoms with van der Waals surface area (Å²) in [6.45, 7) is 11.2. The van der Waals surface area contributed by atoms with Gasteiger partial charge >= 0.3 is 0 Å². The minimum Gasteiger partial charge on any atom is -0.489 e. The fraction of sp³-hybridized carbons (Fsp3) is 0.447. The largest absolute Gasteiger partial charge is 0.489 e. The number of benzene rings is 2. The monoisotopic (exact) mass is 742 g/mol. The molecule has 4 aliphatic rings. The lowest BCUT2D eigenvalue weighted by atomic mass is 9.49. The van der Waals surface area contributed by atoms with Crippen molar-refractivity contribution in [1.29, 1.82) is 5.26 Å². The van der Waals surface area contributed by atoms with Crippen molar-refractivity contribution in [2.45, 2.75) is 71.8 Å². The number of aromatic nitrogens is 2. The lowest BCUT2D eigenvalue weighted by Crippen LogP contribution is -2.74. The second-order valence-electron chi connectivity index (χ2n) is 15.3. The highest BCUT2D eigenvalue weighted by atomic mass is 35.5. The van der Waals surface area contributed by atoms with Gasteiger partial charge in [-0.15, -0.1) is 10.2 Å². The number of piperidine rings is 1. The number of nitrogens with zero attached hydrogens (tertiary/aromatic N) is 6. The Balaban J connectivity index is 0.921. The van der Waals surface area contributed by atoms with Gasteiger partial charge in [0.2, 0.25) is 11.8 Å². The van der Waals surface area contributed by atoms with Crippen LogP contribution < -0.4 is 20.3 Å². The van der Waals surface area contributed by atoms with Crippen LogP contribution in [0.4, 0.5) is 10.2 Å². The second kappa shape index (κ2) is 13.7. The first kappa shape index (κ1) is 36.2. The first-order valence-electron chi connectivity index (χ1n) is 17.6. The van der Waals surface area contributed by atoms with Crippen LogP contribution in [0, 0.1) is 28.0 Å². The maximum atomic E-state index is 15.2. The first-order chi connectivity index (χ1) is 25.2. The van der Waals surface area contributed by atoms with Crippen molar-refractivity contribution in [3.05, 3.63) is 81.3 Å². The molecule has 4 amide bonds. The number of amides is 4. The Bertz CT molecular complexity index is 2030. The van der Waals surface area contributed by atoms with E-state index in [1.165, 1.54) is 11.0 Å². The molecule has 0 spiro atoms. The number of halogens is 2. The molecule has 1 unspecified atom stereocenters. The van der Waals surface area contributed by atoms with E-state index in [4.69, 9.17) is 16.3 Å². The van der Waals surface area contributed by atoms with Gasteiger partial charge in [0.25, 0.3) is 11.8 Å². The highest BCUT2D eigenvalue weighted by Gasteiger charge is 2.64. The summed E-state index contributed by atoms with van der Waals surface area (Å²) in [5, 5.41) is 23.5. The number of ether oxygens (including phenoxy) is 1. The van der Waals surface area contributed by atoms with Crippen LogP contribution >= 0.6 is 11.6 Å². The zero-order chi connectivity index (χ0) is 37.8. The molecule has 4 heterocycles. The summed E-state index contributed by atoms with van der Waals surface area (Å²) < 4.78 is 21.6. The van der Waals surface area contributed by atoms with Gasteiger partial charge < -0.3 is 19.9 Å². The molecule has 15 heteroatoms. The van der Waals surface area contributed by atoms with Crippen LogP contribution in [0.5, 0.6) is 5.75 Å². The molecule has 276 valence electrons. The van der Waals surface area contributed by atoms with Gasteiger partial charge in [-0.25, -0.2) is 4.39 Å². The van der Waals surface area contributed by atoms with Crippen LogP contribution in [0.25, 0.3) is 0 Å². The molecule has 3 fully saturated rings. The van der Waals surface area contributed by atoms with E-state index in [0.717, 1.165) is 0 Å². The van der Waals surface area contributed by atoms with Crippen molar-refractivity contribution in [3.8, 4) is 11.8 Å². The molecule has 1 aromatic heterocycles. The Labute approximate surface area is 311 Å². The van der Waals surface area contributed by atoms with E-state index in [1.807, 2.05) is 33.8 Å². The summed E-state index contributed by atoms with van der Waals surface area (Å²) >= 11 is 6.22. The van der Waals surface area contributed by atoms with Gasteiger partial charge in [-0.2, -0.15) is 5.26 Å². The SMILES string of the molecule is CC1(C)[C@H](NC(=O)c2ccc(N3CCN(Cc4cc5c(cc4F)C(=O)N(C4CCC(=O)NC4=O)C5)CC3)nn2)C(C)(C)[C@H]1Oc1ccc(C#N)c(Cl)c1. The second-order valence-corrected chi connectivity index (χ2v) is 15.7. The van der Waals surface area contributed by atoms with Crippen LogP contribution in [0.1, 0.15) is 78.1 Å². The molecular formula is C38H40ClFN8O5. The van der Waals surface area contributed by atoms with Crippen LogP contribution in [0.15, 0.2) is 42.5 Å². The van der Waals surface area contributed by atoms with Crippen LogP contribution in [0.2, 0.25) is 5.02 Å². The molecule has 3 aromatic rings. The normalized spacial score (nSPS) is 23.5. The van der Waals surface area contributed by atoms with Gasteiger partial charge in [-0.3, -0.25) is 29.4 Å². The van der Waals surface area contributed by atoms with E-state index in [0.29, 0.717) is 66.0 Å². The zero-order valence-electron chi connectivity index (χ0n) is 29.9. The number of hydrogen-bond acceptors (Lipinski definition) is 10. The third kappa shape index (κ3) is 6.68. The van der Waals surface area contributed by atoms with E-state index in [1.54, 1.807) is 36.4 Å². The smallest absolute Gasteiger partial charge is 0.272 e. The molecule has 2 N–H and O–H groups in total. The quantitative estimate of drug-likeness (QED) is 0.325. The molecule has 0 bridgehead atoms. The van der Waals surface area contributed by atoms with Crippen LogP contribution in [-0.4, -0.2) is 88.0 Å². The molecule has 3 aliphatic heterocycles. The first-order valence-corrected chi connectivity index (χ1v) is 18.0. The molecule has 2 aromatic carbocycles. The predicted molar refractivity (Wildman–Crippen MR) is 191 cm³/mol. The van der Waals surface area contributed by atoms with Crippen molar-refractivity contribution in [3.63, 3.8) is 0 Å². The molecule has 7 rings (SSSR count). The summed E-state index contributed by atoms with van der Waals surface area (Å²) in [5.41, 5.74) is 1.10. The highest BCUT2D eigenvalue weighted by Crippen LogP contribution is 2.55. The standard InChI is InChI=1S/C38H40ClFN8O5/c1-37(2)35(38(3,4)36(37)53-24-6-5-21(18-41)26(39)16-24)43-32(50)28-7-9-30(45-44-28)47-13-11-46(12-14-47)19-23-15-22-20-48(34(52)25(22)17-27(23)40)29-8-10-31(49)42-33(29)51/h5-7,9,15-17,29,35-36H,8,10-14,19-20H2,1-4H3,(H,43,50)(H,42,49,51)/t29?,35-,36-. The predicted octanol–water partition coefficient (Wildman–Crippen LogP) is 3.84. The number of hydrogen-bond donors (Lipinski definition) is 2. The number of anilines is 1. The van der Waals surface area contributed by atoms with Gasteiger partial charge in [0.15, 0.2) is 11.5 Å². The molecule has 1 aliphatic carbocycles. The molecule has 1 atom stereocenters. The number of piperazine rings is 1. The molecular weight excluding hydrogens is 703 g/mol. The minimum absolute atomic E-state index is 0.154. The number of carbonyl (C=O) groups is 4. The Morgan fingerprint density at radius 3 is 2.43 bits per heavy atom. The maximum Gasteiger partial charge on any atom is 0.272 e. The maximum absolute atomic E-state index is 15.2. The van der Waals surface area contributed by atoms with E-state index in [-0.39, 0.29) is 54.6 Å². The zero-order valence-corrected chi connectivity index (χ0v) is 30.7.